The molecule has 0 aromatic carbocycles. The third-order valence-electron chi connectivity index (χ3n) is 3.37. The second-order valence-electron chi connectivity index (χ2n) is 4.97. The molecule has 3 unspecified atom stereocenters. The molecule has 0 aromatic rings. The third kappa shape index (κ3) is 3.43. The Morgan fingerprint density at radius 2 is 1.61 bits per heavy atom. The Balaban J connectivity index is 2.18. The van der Waals surface area contributed by atoms with Crippen molar-refractivity contribution in [1.29, 1.82) is 0 Å². The number of rotatable bonds is 2. The molecule has 0 bridgehead atoms. The maximum absolute atomic E-state index is 11.5. The lowest BCUT2D eigenvalue weighted by Crippen LogP contribution is -2.37. The molecule has 106 valence electrons. The normalized spacial score (nSPS) is 38.6. The first-order valence-corrected chi connectivity index (χ1v) is 9.29. The van der Waals surface area contributed by atoms with E-state index >= 15 is 0 Å². The molecule has 18 heavy (non-hydrogen) atoms. The molecule has 1 aliphatic heterocycles. The van der Waals surface area contributed by atoms with Crippen LogP contribution in [-0.2, 0) is 28.6 Å². The highest BCUT2D eigenvalue weighted by Gasteiger charge is 2.42. The van der Waals surface area contributed by atoms with E-state index in [9.17, 15) is 16.8 Å². The van der Waals surface area contributed by atoms with Crippen LogP contribution in [-0.4, -0.2) is 34.1 Å². The van der Waals surface area contributed by atoms with Gasteiger partial charge in [0.15, 0.2) is 0 Å². The van der Waals surface area contributed by atoms with Gasteiger partial charge in [0.1, 0.15) is 12.2 Å². The van der Waals surface area contributed by atoms with E-state index in [-0.39, 0.29) is 0 Å². The molecule has 2 rings (SSSR count). The zero-order valence-electron chi connectivity index (χ0n) is 10.2. The SMILES string of the molecule is CCCC1CCC2OS(=O)(=O)CS(=O)(=O)OC2C1. The molecule has 0 aromatic heterocycles. The van der Waals surface area contributed by atoms with Gasteiger partial charge in [-0.2, -0.15) is 16.8 Å². The van der Waals surface area contributed by atoms with Gasteiger partial charge in [0.05, 0.1) is 0 Å². The van der Waals surface area contributed by atoms with Crippen molar-refractivity contribution in [3.05, 3.63) is 0 Å². The van der Waals surface area contributed by atoms with Gasteiger partial charge in [0.2, 0.25) is 5.08 Å². The fourth-order valence-electron chi connectivity index (χ4n) is 2.67. The van der Waals surface area contributed by atoms with Crippen LogP contribution in [0.1, 0.15) is 39.0 Å². The second kappa shape index (κ2) is 5.07. The van der Waals surface area contributed by atoms with Crippen LogP contribution in [0.3, 0.4) is 0 Å². The maximum Gasteiger partial charge on any atom is 0.284 e. The highest BCUT2D eigenvalue weighted by Crippen LogP contribution is 2.35. The van der Waals surface area contributed by atoms with Crippen molar-refractivity contribution in [2.45, 2.75) is 51.2 Å². The smallest absolute Gasteiger partial charge is 0.263 e. The van der Waals surface area contributed by atoms with Gasteiger partial charge in [-0.05, 0) is 25.2 Å². The number of fused-ring (bicyclic) bond motifs is 1. The molecule has 6 nitrogen and oxygen atoms in total. The monoisotopic (exact) mass is 298 g/mol. The van der Waals surface area contributed by atoms with Crippen molar-refractivity contribution in [3.63, 3.8) is 0 Å². The topological polar surface area (TPSA) is 86.7 Å². The van der Waals surface area contributed by atoms with Crippen molar-refractivity contribution in [2.75, 3.05) is 5.08 Å². The molecule has 1 heterocycles. The van der Waals surface area contributed by atoms with Crippen LogP contribution in [0, 0.1) is 5.92 Å². The molecule has 1 saturated carbocycles. The Kier molecular flexibility index (Phi) is 4.01. The summed E-state index contributed by atoms with van der Waals surface area (Å²) in [4.78, 5) is 0. The standard InChI is InChI=1S/C10H18O6S2/c1-2-3-8-4-5-9-10(6-8)16-18(13,14)7-17(11,12)15-9/h8-10H,2-7H2,1H3. The van der Waals surface area contributed by atoms with Gasteiger partial charge in [0.25, 0.3) is 20.2 Å². The van der Waals surface area contributed by atoms with Crippen LogP contribution >= 0.6 is 0 Å². The van der Waals surface area contributed by atoms with E-state index in [0.29, 0.717) is 18.8 Å². The summed E-state index contributed by atoms with van der Waals surface area (Å²) in [7, 11) is -8.09. The van der Waals surface area contributed by atoms with Gasteiger partial charge in [-0.1, -0.05) is 19.8 Å². The van der Waals surface area contributed by atoms with Gasteiger partial charge in [-0.3, -0.25) is 8.37 Å². The van der Waals surface area contributed by atoms with Crippen LogP contribution in [0.5, 0.6) is 0 Å². The number of hydrogen-bond acceptors (Lipinski definition) is 6. The summed E-state index contributed by atoms with van der Waals surface area (Å²) in [6.45, 7) is 2.07. The quantitative estimate of drug-likeness (QED) is 0.706. The Morgan fingerprint density at radius 3 is 2.22 bits per heavy atom. The Hall–Kier alpha value is -0.180. The average Bonchev–Trinajstić information content (AvgIpc) is 2.28. The first kappa shape index (κ1) is 14.2. The van der Waals surface area contributed by atoms with Crippen molar-refractivity contribution >= 4 is 20.2 Å². The van der Waals surface area contributed by atoms with E-state index in [1.54, 1.807) is 0 Å². The van der Waals surface area contributed by atoms with Crippen molar-refractivity contribution in [1.82, 2.24) is 0 Å². The maximum atomic E-state index is 11.5. The van der Waals surface area contributed by atoms with Gasteiger partial charge in [-0.15, -0.1) is 0 Å². The molecule has 2 aliphatic rings. The minimum absolute atomic E-state index is 0.385. The lowest BCUT2D eigenvalue weighted by molar-refractivity contribution is 0.0158. The van der Waals surface area contributed by atoms with Crippen LogP contribution in [0.25, 0.3) is 0 Å². The predicted molar refractivity (Wildman–Crippen MR) is 64.7 cm³/mol. The van der Waals surface area contributed by atoms with Gasteiger partial charge >= 0.3 is 0 Å². The first-order valence-electron chi connectivity index (χ1n) is 6.13. The Bertz CT molecular complexity index is 494. The summed E-state index contributed by atoms with van der Waals surface area (Å²) in [5.41, 5.74) is 0. The van der Waals surface area contributed by atoms with E-state index in [1.807, 2.05) is 0 Å². The van der Waals surface area contributed by atoms with Crippen molar-refractivity contribution in [3.8, 4) is 0 Å². The summed E-state index contributed by atoms with van der Waals surface area (Å²) in [6.07, 6.45) is 2.65. The summed E-state index contributed by atoms with van der Waals surface area (Å²) < 4.78 is 55.9. The van der Waals surface area contributed by atoms with Gasteiger partial charge in [0, 0.05) is 0 Å². The molecule has 8 heteroatoms. The van der Waals surface area contributed by atoms with E-state index in [1.165, 1.54) is 0 Å². The summed E-state index contributed by atoms with van der Waals surface area (Å²) in [6, 6.07) is 0. The van der Waals surface area contributed by atoms with Gasteiger partial charge < -0.3 is 0 Å². The molecule has 0 amide bonds. The van der Waals surface area contributed by atoms with E-state index in [4.69, 9.17) is 8.37 Å². The summed E-state index contributed by atoms with van der Waals surface area (Å²) >= 11 is 0. The van der Waals surface area contributed by atoms with Crippen LogP contribution in [0.15, 0.2) is 0 Å². The minimum atomic E-state index is -4.05. The van der Waals surface area contributed by atoms with Gasteiger partial charge in [-0.25, -0.2) is 0 Å². The summed E-state index contributed by atoms with van der Waals surface area (Å²) in [5, 5.41) is -1.08. The molecule has 3 atom stereocenters. The van der Waals surface area contributed by atoms with Crippen molar-refractivity contribution in [2.24, 2.45) is 5.92 Å². The van der Waals surface area contributed by atoms with E-state index in [0.717, 1.165) is 19.3 Å². The molecular weight excluding hydrogens is 280 g/mol. The zero-order chi connectivity index (χ0) is 13.4. The van der Waals surface area contributed by atoms with Crippen LogP contribution < -0.4 is 0 Å². The van der Waals surface area contributed by atoms with Crippen LogP contribution in [0.4, 0.5) is 0 Å². The minimum Gasteiger partial charge on any atom is -0.263 e. The highest BCUT2D eigenvalue weighted by molar-refractivity contribution is 8.03. The zero-order valence-corrected chi connectivity index (χ0v) is 11.9. The fraction of sp³-hybridized carbons (Fsp3) is 1.00. The average molecular weight is 298 g/mol. The van der Waals surface area contributed by atoms with E-state index in [2.05, 4.69) is 6.92 Å². The summed E-state index contributed by atoms with van der Waals surface area (Å²) in [5.74, 6) is 0.385. The predicted octanol–water partition coefficient (Wildman–Crippen LogP) is 0.988. The molecule has 0 radical (unpaired) electrons. The molecule has 0 spiro atoms. The molecule has 0 N–H and O–H groups in total. The molecule has 1 aliphatic carbocycles. The van der Waals surface area contributed by atoms with Crippen molar-refractivity contribution < 1.29 is 25.2 Å². The first-order chi connectivity index (χ1) is 8.31. The lowest BCUT2D eigenvalue weighted by atomic mass is 9.83. The fourth-order valence-corrected chi connectivity index (χ4v) is 5.71. The molecule has 1 saturated heterocycles. The lowest BCUT2D eigenvalue weighted by Gasteiger charge is -2.32. The molecular formula is C10H18O6S2. The second-order valence-corrected chi connectivity index (χ2v) is 8.53. The Labute approximate surface area is 108 Å². The largest absolute Gasteiger partial charge is 0.284 e. The van der Waals surface area contributed by atoms with E-state index < -0.39 is 37.5 Å². The third-order valence-corrected chi connectivity index (χ3v) is 6.76. The Morgan fingerprint density at radius 1 is 1.00 bits per heavy atom. The molecule has 2 fully saturated rings. The number of hydrogen-bond donors (Lipinski definition) is 0. The highest BCUT2D eigenvalue weighted by atomic mass is 32.3. The van der Waals surface area contributed by atoms with Crippen LogP contribution in [0.2, 0.25) is 0 Å².